The average molecular weight is 269 g/mol. The molecule has 1 amide bonds. The fourth-order valence-electron chi connectivity index (χ4n) is 1.66. The van der Waals surface area contributed by atoms with E-state index in [0.29, 0.717) is 11.3 Å². The van der Waals surface area contributed by atoms with E-state index in [9.17, 15) is 9.18 Å². The first-order valence-electron chi connectivity index (χ1n) is 5.88. The van der Waals surface area contributed by atoms with Gasteiger partial charge in [0.2, 0.25) is 0 Å². The number of nitrogen functional groups attached to an aromatic ring is 1. The van der Waals surface area contributed by atoms with Crippen molar-refractivity contribution in [1.29, 1.82) is 5.26 Å². The molecule has 0 aliphatic heterocycles. The summed E-state index contributed by atoms with van der Waals surface area (Å²) in [6, 6.07) is 10.5. The van der Waals surface area contributed by atoms with Crippen LogP contribution in [0.3, 0.4) is 0 Å². The Hall–Kier alpha value is -2.87. The number of nitrogens with one attached hydrogen (secondary N) is 1. The number of rotatable bonds is 2. The molecule has 100 valence electrons. The number of hydrogen-bond donors (Lipinski definition) is 2. The second-order valence-corrected chi connectivity index (χ2v) is 4.33. The number of anilines is 2. The Bertz CT molecular complexity index is 720. The Morgan fingerprint density at radius 2 is 2.05 bits per heavy atom. The van der Waals surface area contributed by atoms with Gasteiger partial charge in [-0.2, -0.15) is 5.26 Å². The molecule has 3 N–H and O–H groups in total. The maximum atomic E-state index is 13.7. The van der Waals surface area contributed by atoms with Crippen molar-refractivity contribution >= 4 is 17.3 Å². The smallest absolute Gasteiger partial charge is 0.255 e. The van der Waals surface area contributed by atoms with Gasteiger partial charge in [-0.15, -0.1) is 0 Å². The molecular weight excluding hydrogens is 257 g/mol. The van der Waals surface area contributed by atoms with Gasteiger partial charge in [-0.3, -0.25) is 4.79 Å². The summed E-state index contributed by atoms with van der Waals surface area (Å²) in [6.45, 7) is 1.83. The van der Waals surface area contributed by atoms with Gasteiger partial charge in [0.1, 0.15) is 5.82 Å². The van der Waals surface area contributed by atoms with Crippen LogP contribution in [0.15, 0.2) is 36.4 Å². The first-order chi connectivity index (χ1) is 9.51. The van der Waals surface area contributed by atoms with E-state index in [1.165, 1.54) is 18.2 Å². The number of nitriles is 1. The fourth-order valence-corrected chi connectivity index (χ4v) is 1.66. The lowest BCUT2D eigenvalue weighted by Crippen LogP contribution is -2.13. The Morgan fingerprint density at radius 1 is 1.30 bits per heavy atom. The van der Waals surface area contributed by atoms with Gasteiger partial charge >= 0.3 is 0 Å². The van der Waals surface area contributed by atoms with Gasteiger partial charge in [-0.1, -0.05) is 6.07 Å². The van der Waals surface area contributed by atoms with E-state index in [4.69, 9.17) is 11.0 Å². The number of carbonyl (C=O) groups excluding carboxylic acids is 1. The summed E-state index contributed by atoms with van der Waals surface area (Å²) in [4.78, 5) is 12.0. The van der Waals surface area contributed by atoms with E-state index < -0.39 is 11.7 Å². The number of halogens is 1. The highest BCUT2D eigenvalue weighted by atomic mass is 19.1. The average Bonchev–Trinajstić information content (AvgIpc) is 2.43. The first kappa shape index (κ1) is 13.6. The standard InChI is InChI=1S/C15H12FN3O/c1-9-2-4-11(7-13(9)18)15(20)19-14-5-3-10(8-17)6-12(14)16/h2-7H,18H2,1H3,(H,19,20). The van der Waals surface area contributed by atoms with E-state index >= 15 is 0 Å². The molecule has 0 unspecified atom stereocenters. The van der Waals surface area contributed by atoms with Crippen molar-refractivity contribution in [1.82, 2.24) is 0 Å². The molecule has 0 bridgehead atoms. The van der Waals surface area contributed by atoms with Crippen molar-refractivity contribution in [3.63, 3.8) is 0 Å². The van der Waals surface area contributed by atoms with Crippen molar-refractivity contribution in [2.24, 2.45) is 0 Å². The van der Waals surface area contributed by atoms with Crippen molar-refractivity contribution in [3.05, 3.63) is 58.9 Å². The van der Waals surface area contributed by atoms with Gasteiger partial charge in [-0.25, -0.2) is 4.39 Å². The molecule has 0 radical (unpaired) electrons. The highest BCUT2D eigenvalue weighted by Gasteiger charge is 2.10. The largest absolute Gasteiger partial charge is 0.398 e. The molecule has 4 nitrogen and oxygen atoms in total. The van der Waals surface area contributed by atoms with Crippen LogP contribution in [0.2, 0.25) is 0 Å². The lowest BCUT2D eigenvalue weighted by Gasteiger charge is -2.08. The van der Waals surface area contributed by atoms with Crippen LogP contribution in [0.5, 0.6) is 0 Å². The zero-order valence-electron chi connectivity index (χ0n) is 10.8. The van der Waals surface area contributed by atoms with Crippen LogP contribution in [0.25, 0.3) is 0 Å². The minimum Gasteiger partial charge on any atom is -0.398 e. The van der Waals surface area contributed by atoms with Crippen LogP contribution in [0, 0.1) is 24.1 Å². The molecule has 20 heavy (non-hydrogen) atoms. The monoisotopic (exact) mass is 269 g/mol. The number of nitrogens with two attached hydrogens (primary N) is 1. The number of carbonyl (C=O) groups is 1. The molecule has 5 heteroatoms. The molecule has 2 rings (SSSR count). The lowest BCUT2D eigenvalue weighted by atomic mass is 10.1. The summed E-state index contributed by atoms with van der Waals surface area (Å²) >= 11 is 0. The third-order valence-electron chi connectivity index (χ3n) is 2.89. The highest BCUT2D eigenvalue weighted by Crippen LogP contribution is 2.18. The Labute approximate surface area is 115 Å². The molecular formula is C15H12FN3O. The summed E-state index contributed by atoms with van der Waals surface area (Å²) in [5, 5.41) is 11.1. The van der Waals surface area contributed by atoms with Crippen LogP contribution in [0.1, 0.15) is 21.5 Å². The van der Waals surface area contributed by atoms with Crippen LogP contribution in [-0.4, -0.2) is 5.91 Å². The molecule has 0 atom stereocenters. The van der Waals surface area contributed by atoms with Gasteiger partial charge < -0.3 is 11.1 Å². The molecule has 2 aromatic rings. The second kappa shape index (κ2) is 5.41. The van der Waals surface area contributed by atoms with Gasteiger partial charge in [0.05, 0.1) is 17.3 Å². The summed E-state index contributed by atoms with van der Waals surface area (Å²) < 4.78 is 13.7. The van der Waals surface area contributed by atoms with Gasteiger partial charge in [0.25, 0.3) is 5.91 Å². The van der Waals surface area contributed by atoms with Gasteiger partial charge in [-0.05, 0) is 42.8 Å². The minimum atomic E-state index is -0.655. The molecule has 0 saturated carbocycles. The number of aryl methyl sites for hydroxylation is 1. The molecule has 0 aliphatic rings. The third kappa shape index (κ3) is 2.75. The topological polar surface area (TPSA) is 78.9 Å². The maximum Gasteiger partial charge on any atom is 0.255 e. The van der Waals surface area contributed by atoms with Crippen LogP contribution >= 0.6 is 0 Å². The zero-order valence-corrected chi connectivity index (χ0v) is 10.8. The van der Waals surface area contributed by atoms with Crippen molar-refractivity contribution in [2.75, 3.05) is 11.1 Å². The van der Waals surface area contributed by atoms with Crippen molar-refractivity contribution in [2.45, 2.75) is 6.92 Å². The first-order valence-corrected chi connectivity index (χ1v) is 5.88. The summed E-state index contributed by atoms with van der Waals surface area (Å²) in [6.07, 6.45) is 0. The van der Waals surface area contributed by atoms with E-state index in [1.54, 1.807) is 12.1 Å². The highest BCUT2D eigenvalue weighted by molar-refractivity contribution is 6.04. The van der Waals surface area contributed by atoms with Crippen LogP contribution in [-0.2, 0) is 0 Å². The Kier molecular flexibility index (Phi) is 3.67. The van der Waals surface area contributed by atoms with Crippen molar-refractivity contribution in [3.8, 4) is 6.07 Å². The summed E-state index contributed by atoms with van der Waals surface area (Å²) in [5.74, 6) is -1.11. The van der Waals surface area contributed by atoms with E-state index in [-0.39, 0.29) is 11.3 Å². The molecule has 0 heterocycles. The number of benzene rings is 2. The van der Waals surface area contributed by atoms with Gasteiger partial charge in [0.15, 0.2) is 0 Å². The fraction of sp³-hybridized carbons (Fsp3) is 0.0667. The second-order valence-electron chi connectivity index (χ2n) is 4.33. The molecule has 0 spiro atoms. The third-order valence-corrected chi connectivity index (χ3v) is 2.89. The zero-order chi connectivity index (χ0) is 14.7. The predicted octanol–water partition coefficient (Wildman–Crippen LogP) is 2.84. The van der Waals surface area contributed by atoms with E-state index in [2.05, 4.69) is 5.32 Å². The summed E-state index contributed by atoms with van der Waals surface area (Å²) in [7, 11) is 0. The molecule has 0 aliphatic carbocycles. The van der Waals surface area contributed by atoms with E-state index in [0.717, 1.165) is 11.6 Å². The Balaban J connectivity index is 2.23. The molecule has 0 fully saturated rings. The number of hydrogen-bond acceptors (Lipinski definition) is 3. The molecule has 0 aromatic heterocycles. The number of nitrogens with zero attached hydrogens (tertiary/aromatic N) is 1. The predicted molar refractivity (Wildman–Crippen MR) is 74.7 cm³/mol. The van der Waals surface area contributed by atoms with Gasteiger partial charge in [0, 0.05) is 11.3 Å². The maximum absolute atomic E-state index is 13.7. The van der Waals surface area contributed by atoms with Crippen LogP contribution < -0.4 is 11.1 Å². The van der Waals surface area contributed by atoms with Crippen molar-refractivity contribution < 1.29 is 9.18 Å². The summed E-state index contributed by atoms with van der Waals surface area (Å²) in [5.41, 5.74) is 7.65. The Morgan fingerprint density at radius 3 is 2.65 bits per heavy atom. The minimum absolute atomic E-state index is 0.0214. The molecule has 2 aromatic carbocycles. The van der Waals surface area contributed by atoms with Crippen LogP contribution in [0.4, 0.5) is 15.8 Å². The normalized spacial score (nSPS) is 9.85. The molecule has 0 saturated heterocycles. The SMILES string of the molecule is Cc1ccc(C(=O)Nc2ccc(C#N)cc2F)cc1N. The lowest BCUT2D eigenvalue weighted by molar-refractivity contribution is 0.102. The van der Waals surface area contributed by atoms with E-state index in [1.807, 2.05) is 13.0 Å². The number of amides is 1. The quantitative estimate of drug-likeness (QED) is 0.823.